The molecule has 0 aliphatic heterocycles. The third-order valence-corrected chi connectivity index (χ3v) is 4.98. The van der Waals surface area contributed by atoms with Gasteiger partial charge in [-0.3, -0.25) is 4.79 Å². The number of hydrogen-bond donors (Lipinski definition) is 2. The zero-order valence-corrected chi connectivity index (χ0v) is 13.9. The summed E-state index contributed by atoms with van der Waals surface area (Å²) in [5, 5.41) is 15.4. The smallest absolute Gasteiger partial charge is 0.329 e. The summed E-state index contributed by atoms with van der Waals surface area (Å²) in [5.74, 6) is -1.33. The number of carbonyl (C=O) groups excluding carboxylic acids is 1. The minimum Gasteiger partial charge on any atom is -0.480 e. The van der Waals surface area contributed by atoms with Gasteiger partial charge in [-0.15, -0.1) is 22.7 Å². The van der Waals surface area contributed by atoms with E-state index in [9.17, 15) is 9.59 Å². The normalized spacial score (nSPS) is 10.5. The van der Waals surface area contributed by atoms with Gasteiger partial charge in [-0.2, -0.15) is 0 Å². The Bertz CT molecular complexity index is 641. The van der Waals surface area contributed by atoms with Crippen molar-refractivity contribution in [2.45, 2.75) is 0 Å². The molecule has 9 heteroatoms. The highest BCUT2D eigenvalue weighted by Crippen LogP contribution is 2.31. The number of ether oxygens (including phenoxy) is 1. The molecule has 0 aromatic carbocycles. The summed E-state index contributed by atoms with van der Waals surface area (Å²) >= 11 is 6.33. The van der Waals surface area contributed by atoms with Gasteiger partial charge in [0.1, 0.15) is 17.3 Å². The van der Waals surface area contributed by atoms with Crippen molar-refractivity contribution in [1.82, 2.24) is 10.3 Å². The number of carboxylic acids is 1. The van der Waals surface area contributed by atoms with Gasteiger partial charge in [0.05, 0.1) is 11.5 Å². The number of hydrogen-bond acceptors (Lipinski definition) is 6. The molecular formula is C12H11BrN2O4S2. The van der Waals surface area contributed by atoms with E-state index in [-0.39, 0.29) is 25.7 Å². The molecule has 0 spiro atoms. The van der Waals surface area contributed by atoms with Gasteiger partial charge in [-0.1, -0.05) is 0 Å². The Balaban J connectivity index is 1.83. The maximum atomic E-state index is 11.8. The quantitative estimate of drug-likeness (QED) is 0.708. The van der Waals surface area contributed by atoms with Crippen molar-refractivity contribution < 1.29 is 19.4 Å². The van der Waals surface area contributed by atoms with E-state index in [4.69, 9.17) is 9.84 Å². The molecule has 0 fully saturated rings. The lowest BCUT2D eigenvalue weighted by Crippen LogP contribution is -2.28. The van der Waals surface area contributed by atoms with Gasteiger partial charge in [0, 0.05) is 21.8 Å². The van der Waals surface area contributed by atoms with Crippen LogP contribution < -0.4 is 5.32 Å². The molecular weight excluding hydrogens is 380 g/mol. The third kappa shape index (κ3) is 4.88. The third-order valence-electron chi connectivity index (χ3n) is 2.27. The number of halogens is 1. The molecule has 2 aromatic rings. The molecule has 0 atom stereocenters. The monoisotopic (exact) mass is 390 g/mol. The average Bonchev–Trinajstić information content (AvgIpc) is 3.06. The number of carboxylic acid groups (broad SMARTS) is 1. The van der Waals surface area contributed by atoms with Crippen molar-refractivity contribution in [3.05, 3.63) is 27.0 Å². The van der Waals surface area contributed by atoms with Gasteiger partial charge in [0.2, 0.25) is 0 Å². The van der Waals surface area contributed by atoms with Gasteiger partial charge >= 0.3 is 5.97 Å². The molecule has 0 saturated heterocycles. The van der Waals surface area contributed by atoms with Gasteiger partial charge < -0.3 is 15.2 Å². The number of nitrogens with zero attached hydrogens (tertiary/aromatic N) is 1. The zero-order valence-electron chi connectivity index (χ0n) is 10.7. The predicted octanol–water partition coefficient (Wildman–Crippen LogP) is 2.47. The zero-order chi connectivity index (χ0) is 15.2. The van der Waals surface area contributed by atoms with Gasteiger partial charge in [-0.25, -0.2) is 9.78 Å². The first-order valence-electron chi connectivity index (χ1n) is 5.84. The van der Waals surface area contributed by atoms with Crippen molar-refractivity contribution in [2.24, 2.45) is 0 Å². The van der Waals surface area contributed by atoms with E-state index in [0.717, 1.165) is 14.4 Å². The Morgan fingerprint density at radius 2 is 2.19 bits per heavy atom. The van der Waals surface area contributed by atoms with E-state index in [1.165, 1.54) is 11.3 Å². The van der Waals surface area contributed by atoms with Crippen LogP contribution in [0.5, 0.6) is 0 Å². The Morgan fingerprint density at radius 1 is 1.38 bits per heavy atom. The second-order valence-electron chi connectivity index (χ2n) is 3.87. The highest BCUT2D eigenvalue weighted by Gasteiger charge is 2.12. The summed E-state index contributed by atoms with van der Waals surface area (Å²) < 4.78 is 5.81. The molecule has 6 nitrogen and oxygen atoms in total. The summed E-state index contributed by atoms with van der Waals surface area (Å²) in [6.45, 7) is 0.0143. The first kappa shape index (κ1) is 16.1. The summed E-state index contributed by atoms with van der Waals surface area (Å²) in [4.78, 5) is 27.4. The molecule has 0 saturated carbocycles. The number of aromatic nitrogens is 1. The van der Waals surface area contributed by atoms with Crippen molar-refractivity contribution in [3.8, 4) is 9.88 Å². The number of carbonyl (C=O) groups is 2. The number of rotatable bonds is 7. The van der Waals surface area contributed by atoms with Crippen LogP contribution >= 0.6 is 38.6 Å². The van der Waals surface area contributed by atoms with E-state index < -0.39 is 5.97 Å². The first-order valence-corrected chi connectivity index (χ1v) is 8.39. The molecule has 0 unspecified atom stereocenters. The molecule has 0 aliphatic rings. The number of aliphatic carboxylic acids is 1. The lowest BCUT2D eigenvalue weighted by molar-refractivity contribution is -0.142. The summed E-state index contributed by atoms with van der Waals surface area (Å²) in [5.41, 5.74) is 0.345. The van der Waals surface area contributed by atoms with Crippen molar-refractivity contribution >= 4 is 50.5 Å². The Morgan fingerprint density at radius 3 is 2.86 bits per heavy atom. The molecule has 2 heterocycles. The molecule has 2 N–H and O–H groups in total. The lowest BCUT2D eigenvalue weighted by Gasteiger charge is -2.02. The van der Waals surface area contributed by atoms with Gasteiger partial charge in [0.25, 0.3) is 5.91 Å². The summed E-state index contributed by atoms with van der Waals surface area (Å²) in [7, 11) is 0. The highest BCUT2D eigenvalue weighted by molar-refractivity contribution is 9.10. The molecule has 0 aliphatic carbocycles. The van der Waals surface area contributed by atoms with Gasteiger partial charge in [0.15, 0.2) is 0 Å². The van der Waals surface area contributed by atoms with Crippen LogP contribution in [0.4, 0.5) is 0 Å². The molecule has 0 radical (unpaired) electrons. The molecule has 1 amide bonds. The van der Waals surface area contributed by atoms with Crippen LogP contribution in [0.3, 0.4) is 0 Å². The van der Waals surface area contributed by atoms with Crippen LogP contribution in [0.25, 0.3) is 9.88 Å². The Kier molecular flexibility index (Phi) is 5.85. The lowest BCUT2D eigenvalue weighted by atomic mass is 10.4. The van der Waals surface area contributed by atoms with E-state index in [0.29, 0.717) is 5.69 Å². The van der Waals surface area contributed by atoms with Crippen LogP contribution in [0, 0.1) is 0 Å². The minimum absolute atomic E-state index is 0.146. The van der Waals surface area contributed by atoms with Crippen LogP contribution in [0.2, 0.25) is 0 Å². The molecule has 0 bridgehead atoms. The van der Waals surface area contributed by atoms with Crippen molar-refractivity contribution in [2.75, 3.05) is 19.8 Å². The number of thiazole rings is 1. The fraction of sp³-hybridized carbons (Fsp3) is 0.250. The maximum absolute atomic E-state index is 11.8. The number of thiophene rings is 1. The highest BCUT2D eigenvalue weighted by atomic mass is 79.9. The number of nitrogens with one attached hydrogen (secondary N) is 1. The van der Waals surface area contributed by atoms with Crippen molar-refractivity contribution in [1.29, 1.82) is 0 Å². The molecule has 2 aromatic heterocycles. The second kappa shape index (κ2) is 7.64. The van der Waals surface area contributed by atoms with E-state index >= 15 is 0 Å². The molecule has 21 heavy (non-hydrogen) atoms. The predicted molar refractivity (Wildman–Crippen MR) is 83.9 cm³/mol. The summed E-state index contributed by atoms with van der Waals surface area (Å²) in [6, 6.07) is 1.95. The van der Waals surface area contributed by atoms with Crippen LogP contribution in [-0.2, 0) is 9.53 Å². The second-order valence-corrected chi connectivity index (χ2v) is 6.55. The van der Waals surface area contributed by atoms with E-state index in [2.05, 4.69) is 26.2 Å². The SMILES string of the molecule is O=C(O)COCCNC(=O)c1csc(-c2cc(Br)cs2)n1. The molecule has 2 rings (SSSR count). The summed E-state index contributed by atoms with van der Waals surface area (Å²) in [6.07, 6.45) is 0. The standard InChI is InChI=1S/C12H11BrN2O4S2/c13-7-3-9(20-5-7)12-15-8(6-21-12)11(18)14-1-2-19-4-10(16)17/h3,5-6H,1-2,4H2,(H,14,18)(H,16,17). The number of amides is 1. The fourth-order valence-electron chi connectivity index (χ4n) is 1.40. The Hall–Kier alpha value is -1.29. The van der Waals surface area contributed by atoms with Crippen LogP contribution in [0.15, 0.2) is 21.3 Å². The first-order chi connectivity index (χ1) is 10.1. The topological polar surface area (TPSA) is 88.5 Å². The largest absolute Gasteiger partial charge is 0.480 e. The maximum Gasteiger partial charge on any atom is 0.329 e. The van der Waals surface area contributed by atoms with Crippen LogP contribution in [0.1, 0.15) is 10.5 Å². The van der Waals surface area contributed by atoms with Crippen LogP contribution in [-0.4, -0.2) is 41.7 Å². The van der Waals surface area contributed by atoms with Crippen molar-refractivity contribution in [3.63, 3.8) is 0 Å². The van der Waals surface area contributed by atoms with Gasteiger partial charge in [-0.05, 0) is 22.0 Å². The molecule has 112 valence electrons. The van der Waals surface area contributed by atoms with E-state index in [1.807, 2.05) is 11.4 Å². The fourth-order valence-corrected chi connectivity index (χ4v) is 3.71. The average molecular weight is 391 g/mol. The van der Waals surface area contributed by atoms with E-state index in [1.54, 1.807) is 16.7 Å². The minimum atomic E-state index is -1.03. The Labute approximate surface area is 136 Å².